The van der Waals surface area contributed by atoms with Gasteiger partial charge in [-0.2, -0.15) is 0 Å². The van der Waals surface area contributed by atoms with E-state index in [1.165, 1.54) is 5.56 Å². The number of sulfonamides is 1. The van der Waals surface area contributed by atoms with Gasteiger partial charge in [-0.15, -0.1) is 12.4 Å². The number of hydrazine groups is 1. The fraction of sp³-hybridized carbons (Fsp3) is 0.316. The van der Waals surface area contributed by atoms with E-state index in [-0.39, 0.29) is 12.4 Å². The maximum Gasteiger partial charge on any atom is 0.235 e. The summed E-state index contributed by atoms with van der Waals surface area (Å²) < 4.78 is 26.4. The van der Waals surface area contributed by atoms with Crippen LogP contribution in [0.4, 0.5) is 5.69 Å². The molecule has 0 spiro atoms. The number of nitrogens with two attached hydrogens (primary N) is 1. The summed E-state index contributed by atoms with van der Waals surface area (Å²) in [5.41, 5.74) is 3.89. The molecule has 3 N–H and O–H groups in total. The third kappa shape index (κ3) is 5.22. The number of hydrogen-bond donors (Lipinski definition) is 2. The second kappa shape index (κ2) is 8.73. The number of nitrogens with one attached hydrogen (secondary N) is 1. The Balaban J connectivity index is 0.00000261. The van der Waals surface area contributed by atoms with Gasteiger partial charge in [-0.3, -0.25) is 14.7 Å². The molecule has 0 aromatic heterocycles. The lowest BCUT2D eigenvalue weighted by Crippen LogP contribution is -2.34. The molecule has 2 aromatic rings. The molecule has 0 bridgehead atoms. The Hall–Kier alpha value is -2.09. The predicted molar refractivity (Wildman–Crippen MR) is 113 cm³/mol. The van der Waals surface area contributed by atoms with Gasteiger partial charge in [-0.25, -0.2) is 14.3 Å². The number of rotatable bonds is 6. The van der Waals surface area contributed by atoms with Crippen LogP contribution in [0.2, 0.25) is 0 Å². The highest BCUT2D eigenvalue weighted by Crippen LogP contribution is 2.17. The molecule has 1 aliphatic heterocycles. The van der Waals surface area contributed by atoms with Crippen molar-refractivity contribution in [3.05, 3.63) is 65.2 Å². The average molecular weight is 409 g/mol. The molecule has 1 aliphatic rings. The van der Waals surface area contributed by atoms with E-state index in [2.05, 4.69) is 21.8 Å². The fourth-order valence-electron chi connectivity index (χ4n) is 2.70. The minimum atomic E-state index is -3.32. The van der Waals surface area contributed by atoms with Crippen molar-refractivity contribution in [3.63, 3.8) is 0 Å². The number of anilines is 1. The molecule has 0 saturated heterocycles. The summed E-state index contributed by atoms with van der Waals surface area (Å²) in [6.07, 6.45) is 0.774. The third-order valence-corrected chi connectivity index (χ3v) is 6.09. The van der Waals surface area contributed by atoms with Gasteiger partial charge in [0.25, 0.3) is 0 Å². The summed E-state index contributed by atoms with van der Waals surface area (Å²) in [4.78, 5) is 4.41. The van der Waals surface area contributed by atoms with Crippen LogP contribution in [0.1, 0.15) is 30.5 Å². The molecule has 2 aromatic carbocycles. The molecule has 0 atom stereocenters. The van der Waals surface area contributed by atoms with E-state index in [1.807, 2.05) is 24.3 Å². The molecular weight excluding hydrogens is 384 g/mol. The first-order valence-electron chi connectivity index (χ1n) is 8.62. The van der Waals surface area contributed by atoms with Crippen LogP contribution in [0, 0.1) is 0 Å². The van der Waals surface area contributed by atoms with Gasteiger partial charge < -0.3 is 0 Å². The van der Waals surface area contributed by atoms with E-state index in [0.717, 1.165) is 36.5 Å². The standard InChI is InChI=1S/C19H24N4O2S.ClH/c1-14(2)26(24,25)22-18-9-5-16(6-10-18)13-15-3-7-17(8-4-15)19-21-11-12-23(19)20;/h3-10,14,22H,11-13,20H2,1-2H3;1H. The summed E-state index contributed by atoms with van der Waals surface area (Å²) in [7, 11) is -3.32. The highest BCUT2D eigenvalue weighted by atomic mass is 35.5. The van der Waals surface area contributed by atoms with Gasteiger partial charge >= 0.3 is 0 Å². The van der Waals surface area contributed by atoms with Crippen molar-refractivity contribution in [2.75, 3.05) is 17.8 Å². The number of benzene rings is 2. The quantitative estimate of drug-likeness (QED) is 0.719. The van der Waals surface area contributed by atoms with Crippen LogP contribution in [0.25, 0.3) is 0 Å². The first-order chi connectivity index (χ1) is 12.3. The fourth-order valence-corrected chi connectivity index (χ4v) is 3.40. The topological polar surface area (TPSA) is 87.8 Å². The molecule has 0 amide bonds. The largest absolute Gasteiger partial charge is 0.293 e. The lowest BCUT2D eigenvalue weighted by Gasteiger charge is -2.13. The van der Waals surface area contributed by atoms with Crippen molar-refractivity contribution >= 4 is 34.0 Å². The van der Waals surface area contributed by atoms with Gasteiger partial charge in [0.05, 0.1) is 18.3 Å². The lowest BCUT2D eigenvalue weighted by molar-refractivity contribution is 0.484. The van der Waals surface area contributed by atoms with Gasteiger partial charge in [0.2, 0.25) is 10.0 Å². The van der Waals surface area contributed by atoms with Crippen molar-refractivity contribution in [1.82, 2.24) is 5.01 Å². The van der Waals surface area contributed by atoms with E-state index < -0.39 is 15.3 Å². The summed E-state index contributed by atoms with van der Waals surface area (Å²) in [6.45, 7) is 4.80. The van der Waals surface area contributed by atoms with Gasteiger partial charge in [0.1, 0.15) is 5.84 Å². The van der Waals surface area contributed by atoms with E-state index in [1.54, 1.807) is 31.0 Å². The Morgan fingerprint density at radius 1 is 1.07 bits per heavy atom. The van der Waals surface area contributed by atoms with Crippen molar-refractivity contribution in [3.8, 4) is 0 Å². The van der Waals surface area contributed by atoms with E-state index >= 15 is 0 Å². The first kappa shape index (κ1) is 21.2. The van der Waals surface area contributed by atoms with E-state index in [4.69, 9.17) is 5.84 Å². The van der Waals surface area contributed by atoms with Crippen molar-refractivity contribution in [2.45, 2.75) is 25.5 Å². The molecule has 6 nitrogen and oxygen atoms in total. The van der Waals surface area contributed by atoms with Crippen LogP contribution in [-0.2, 0) is 16.4 Å². The SMILES string of the molecule is CC(C)S(=O)(=O)Nc1ccc(Cc2ccc(C3=NCCN3N)cc2)cc1.Cl. The Kier molecular flexibility index (Phi) is 6.86. The van der Waals surface area contributed by atoms with Gasteiger partial charge in [0, 0.05) is 11.3 Å². The lowest BCUT2D eigenvalue weighted by atomic mass is 10.0. The van der Waals surface area contributed by atoms with Crippen LogP contribution in [0.3, 0.4) is 0 Å². The number of amidine groups is 1. The van der Waals surface area contributed by atoms with Crippen LogP contribution in [-0.4, -0.2) is 37.6 Å². The zero-order valence-corrected chi connectivity index (χ0v) is 17.1. The molecule has 27 heavy (non-hydrogen) atoms. The Morgan fingerprint density at radius 3 is 2.11 bits per heavy atom. The summed E-state index contributed by atoms with van der Waals surface area (Å²) in [6, 6.07) is 15.7. The molecule has 0 fully saturated rings. The number of hydrogen-bond acceptors (Lipinski definition) is 5. The third-order valence-electron chi connectivity index (χ3n) is 4.33. The Bertz CT molecular complexity index is 894. The zero-order valence-electron chi connectivity index (χ0n) is 15.4. The second-order valence-corrected chi connectivity index (χ2v) is 8.90. The molecule has 1 heterocycles. The monoisotopic (exact) mass is 408 g/mol. The van der Waals surface area contributed by atoms with Gasteiger partial charge in [-0.1, -0.05) is 36.4 Å². The number of aliphatic imine (C=N–C) groups is 1. The molecule has 146 valence electrons. The van der Waals surface area contributed by atoms with Gasteiger partial charge in [-0.05, 0) is 43.5 Å². The van der Waals surface area contributed by atoms with Crippen molar-refractivity contribution in [2.24, 2.45) is 10.8 Å². The minimum Gasteiger partial charge on any atom is -0.293 e. The highest BCUT2D eigenvalue weighted by Gasteiger charge is 2.16. The molecule has 0 aliphatic carbocycles. The average Bonchev–Trinajstić information content (AvgIpc) is 3.03. The zero-order chi connectivity index (χ0) is 18.7. The Morgan fingerprint density at radius 2 is 1.63 bits per heavy atom. The summed E-state index contributed by atoms with van der Waals surface area (Å²) in [5, 5.41) is 1.21. The Labute approximate surface area is 166 Å². The molecule has 0 saturated carbocycles. The summed E-state index contributed by atoms with van der Waals surface area (Å²) >= 11 is 0. The molecule has 0 unspecified atom stereocenters. The smallest absolute Gasteiger partial charge is 0.235 e. The molecule has 0 radical (unpaired) electrons. The maximum absolute atomic E-state index is 11.9. The van der Waals surface area contributed by atoms with Crippen molar-refractivity contribution < 1.29 is 8.42 Å². The molecule has 3 rings (SSSR count). The summed E-state index contributed by atoms with van der Waals surface area (Å²) in [5.74, 6) is 6.73. The predicted octanol–water partition coefficient (Wildman–Crippen LogP) is 2.79. The van der Waals surface area contributed by atoms with Crippen LogP contribution < -0.4 is 10.6 Å². The van der Waals surface area contributed by atoms with Crippen LogP contribution in [0.5, 0.6) is 0 Å². The molecular formula is C19H25ClN4O2S. The highest BCUT2D eigenvalue weighted by molar-refractivity contribution is 7.93. The van der Waals surface area contributed by atoms with Crippen molar-refractivity contribution in [1.29, 1.82) is 0 Å². The minimum absolute atomic E-state index is 0. The second-order valence-electron chi connectivity index (χ2n) is 6.67. The normalized spacial score (nSPS) is 14.1. The van der Waals surface area contributed by atoms with E-state index in [0.29, 0.717) is 5.69 Å². The van der Waals surface area contributed by atoms with E-state index in [9.17, 15) is 8.42 Å². The number of halogens is 1. The van der Waals surface area contributed by atoms with Crippen LogP contribution >= 0.6 is 12.4 Å². The van der Waals surface area contributed by atoms with Gasteiger partial charge in [0.15, 0.2) is 0 Å². The first-order valence-corrected chi connectivity index (χ1v) is 10.2. The molecule has 8 heteroatoms. The number of nitrogens with zero attached hydrogens (tertiary/aromatic N) is 2. The maximum atomic E-state index is 11.9. The van der Waals surface area contributed by atoms with Crippen LogP contribution in [0.15, 0.2) is 53.5 Å².